The van der Waals surface area contributed by atoms with Crippen molar-refractivity contribution in [2.45, 2.75) is 66.2 Å². The molecule has 6 aromatic rings. The molecule has 0 bridgehead atoms. The second kappa shape index (κ2) is 48.7. The first-order valence-corrected chi connectivity index (χ1v) is 21.6. The Hall–Kier alpha value is -2.29. The average molecular weight is 1030 g/mol. The van der Waals surface area contributed by atoms with Crippen molar-refractivity contribution in [3.63, 3.8) is 0 Å². The van der Waals surface area contributed by atoms with Crippen LogP contribution in [0.25, 0.3) is 21.5 Å². The molecule has 0 radical (unpaired) electrons. The van der Waals surface area contributed by atoms with Crippen LogP contribution in [0.2, 0.25) is 0 Å². The van der Waals surface area contributed by atoms with Gasteiger partial charge < -0.3 is 40.0 Å². The largest absolute Gasteiger partial charge is 4.00 e. The van der Waals surface area contributed by atoms with Crippen molar-refractivity contribution in [2.24, 2.45) is 11.8 Å². The van der Waals surface area contributed by atoms with Crippen molar-refractivity contribution in [1.29, 1.82) is 0 Å². The summed E-state index contributed by atoms with van der Waals surface area (Å²) in [5.74, 6) is 1.77. The van der Waals surface area contributed by atoms with Crippen LogP contribution in [0.15, 0.2) is 193 Å². The Balaban J connectivity index is -0.000000196. The molecule has 61 heavy (non-hydrogen) atoms. The minimum Gasteiger partial charge on any atom is -0.533 e. The summed E-state index contributed by atoms with van der Waals surface area (Å²) in [6, 6.07) is 49.3. The minimum atomic E-state index is 0. The zero-order chi connectivity index (χ0) is 40.9. The van der Waals surface area contributed by atoms with Crippen molar-refractivity contribution in [1.82, 2.24) is 0 Å². The summed E-state index contributed by atoms with van der Waals surface area (Å²) in [5, 5.41) is 5.32. The maximum Gasteiger partial charge on any atom is 4.00 e. The van der Waals surface area contributed by atoms with Crippen molar-refractivity contribution in [3.05, 3.63) is 234 Å². The summed E-state index contributed by atoms with van der Waals surface area (Å²) in [5.41, 5.74) is 3.16. The van der Waals surface area contributed by atoms with Crippen molar-refractivity contribution in [2.75, 3.05) is 0 Å². The monoisotopic (exact) mass is 1030 g/mol. The zero-order valence-corrected chi connectivity index (χ0v) is 47.4. The number of benzene rings is 2. The average Bonchev–Trinajstić information content (AvgIpc) is 4.12. The van der Waals surface area contributed by atoms with Gasteiger partial charge in [0.2, 0.25) is 0 Å². The molecule has 0 nitrogen and oxygen atoms in total. The fourth-order valence-corrected chi connectivity index (χ4v) is 6.11. The number of fused-ring (bicyclic) bond motifs is 4. The Morgan fingerprint density at radius 2 is 0.836 bits per heavy atom. The van der Waals surface area contributed by atoms with Gasteiger partial charge in [-0.2, -0.15) is 99.1 Å². The topological polar surface area (TPSA) is 0 Å². The van der Waals surface area contributed by atoms with Gasteiger partial charge in [-0.25, -0.2) is 80.1 Å². The molecule has 0 aromatic heterocycles. The summed E-state index contributed by atoms with van der Waals surface area (Å²) in [7, 11) is 2.72. The quantitative estimate of drug-likeness (QED) is 0.105. The first kappa shape index (κ1) is 67.8. The van der Waals surface area contributed by atoms with E-state index in [1.807, 2.05) is 101 Å². The molecule has 4 aliphatic carbocycles. The van der Waals surface area contributed by atoms with E-state index in [1.54, 1.807) is 11.1 Å². The molecular weight excluding hydrogens is 959 g/mol. The fraction of sp³-hybridized carbons (Fsp3) is 0.214. The molecule has 4 aliphatic rings. The molecule has 10 rings (SSSR count). The number of hydrogen-bond donors (Lipinski definition) is 0. The van der Waals surface area contributed by atoms with Gasteiger partial charge in [0.1, 0.15) is 0 Å². The van der Waals surface area contributed by atoms with Crippen LogP contribution in [0.1, 0.15) is 66.2 Å². The Kier molecular flexibility index (Phi) is 54.2. The van der Waals surface area contributed by atoms with Crippen molar-refractivity contribution >= 4 is 53.6 Å². The van der Waals surface area contributed by atoms with Crippen LogP contribution in [-0.4, -0.2) is 32.1 Å². The Labute approximate surface area is 435 Å². The van der Waals surface area contributed by atoms with E-state index >= 15 is 0 Å². The number of allylic oxidation sites excluding steroid dienone is 8. The van der Waals surface area contributed by atoms with Crippen LogP contribution >= 0.6 is 0 Å². The summed E-state index contributed by atoms with van der Waals surface area (Å²) in [6.45, 7) is 8.00. The van der Waals surface area contributed by atoms with Gasteiger partial charge in [-0.15, -0.1) is 96.4 Å². The van der Waals surface area contributed by atoms with Gasteiger partial charge in [0.15, 0.2) is 0 Å². The molecule has 2 atom stereocenters. The summed E-state index contributed by atoms with van der Waals surface area (Å²) in [6.07, 6.45) is 39.1. The molecule has 0 saturated heterocycles. The number of rotatable bonds is 0. The van der Waals surface area contributed by atoms with Crippen LogP contribution in [0.3, 0.4) is 0 Å². The first-order valence-electron chi connectivity index (χ1n) is 19.9. The first-order chi connectivity index (χ1) is 27.7. The SMILES string of the molecule is C1=CCC2CC[CH-]C2=C1.C1=CCC2CC[CH-]C2=C1.C[CH-]C.C[CH-]C.[CH-]=[SiH2].[CH-]=[SiH2].[CH3-].[CH3-].[Ti+4].[Zr+4].[Zr+4].c1cc[cH-]c1.c1cc[cH-]c1.c1ccc2[cH-]ccc2c1.c1ccc2[cH-]ccc2c1. The third-order valence-corrected chi connectivity index (χ3v) is 8.63. The molecule has 0 heterocycles. The van der Waals surface area contributed by atoms with E-state index < -0.39 is 0 Å². The molecule has 2 unspecified atom stereocenters. The molecule has 6 aromatic carbocycles. The van der Waals surface area contributed by atoms with E-state index in [4.69, 9.17) is 0 Å². The normalized spacial score (nSPS) is 14.2. The smallest absolute Gasteiger partial charge is 0.533 e. The van der Waals surface area contributed by atoms with Crippen LogP contribution in [0, 0.1) is 52.4 Å². The Morgan fingerprint density at radius 3 is 1.11 bits per heavy atom. The summed E-state index contributed by atoms with van der Waals surface area (Å²) < 4.78 is 0. The molecule has 2 fully saturated rings. The third-order valence-electron chi connectivity index (χ3n) is 8.63. The Morgan fingerprint density at radius 1 is 0.508 bits per heavy atom. The molecule has 0 spiro atoms. The second-order valence-corrected chi connectivity index (χ2v) is 13.0. The van der Waals surface area contributed by atoms with Gasteiger partial charge in [-0.05, 0) is 24.7 Å². The van der Waals surface area contributed by atoms with Crippen molar-refractivity contribution in [3.8, 4) is 0 Å². The van der Waals surface area contributed by atoms with Crippen LogP contribution in [0.4, 0.5) is 0 Å². The molecule has 2 saturated carbocycles. The van der Waals surface area contributed by atoms with Crippen LogP contribution in [-0.2, 0) is 74.1 Å². The van der Waals surface area contributed by atoms with Crippen LogP contribution in [0.5, 0.6) is 0 Å². The zero-order valence-electron chi connectivity index (χ0n) is 38.1. The van der Waals surface area contributed by atoms with Gasteiger partial charge >= 0.3 is 74.1 Å². The van der Waals surface area contributed by atoms with E-state index in [0.717, 1.165) is 11.8 Å². The second-order valence-electron chi connectivity index (χ2n) is 13.0. The van der Waals surface area contributed by atoms with Gasteiger partial charge in [-0.3, -0.25) is 0 Å². The fourth-order valence-electron chi connectivity index (χ4n) is 6.11. The van der Waals surface area contributed by atoms with E-state index in [0.29, 0.717) is 0 Å². The van der Waals surface area contributed by atoms with E-state index in [-0.39, 0.29) is 89.0 Å². The van der Waals surface area contributed by atoms with Crippen molar-refractivity contribution < 1.29 is 74.1 Å². The molecule has 316 valence electrons. The summed E-state index contributed by atoms with van der Waals surface area (Å²) >= 11 is 0. The van der Waals surface area contributed by atoms with E-state index in [1.165, 1.54) is 79.8 Å². The molecule has 0 aliphatic heterocycles. The molecular formula is C56H72Si2TiZr2. The van der Waals surface area contributed by atoms with E-state index in [2.05, 4.69) is 147 Å². The van der Waals surface area contributed by atoms with Crippen LogP contribution < -0.4 is 0 Å². The number of hydrogen-bond acceptors (Lipinski definition) is 0. The molecule has 0 N–H and O–H groups in total. The van der Waals surface area contributed by atoms with Gasteiger partial charge in [-0.1, -0.05) is 25.0 Å². The predicted octanol–water partition coefficient (Wildman–Crippen LogP) is 14.1. The Bertz CT molecular complexity index is 1610. The minimum absolute atomic E-state index is 0. The standard InChI is InChI=1S/2C9H11.2C9H7.2C5H5.2C3H7.2CH3Si.2CH3.Ti.2Zr/c4*1-2-5-9-7-3-6-8(9)4-1;2*1-2-4-5-3-1;2*1-3-2;2*1-2;;;;;/h2*1-2,4,6,9H,3,5,7H2;2*1-7H;2*1-5H;2*3H,1-2H3;2*1H,2H2;2*1H3;;;/q12*-1;3*+4. The predicted molar refractivity (Wildman–Crippen MR) is 274 cm³/mol. The van der Waals surface area contributed by atoms with Gasteiger partial charge in [0.05, 0.1) is 0 Å². The van der Waals surface area contributed by atoms with Gasteiger partial charge in [0.25, 0.3) is 0 Å². The maximum absolute atomic E-state index is 4.53. The van der Waals surface area contributed by atoms with Gasteiger partial charge in [0, 0.05) is 0 Å². The third kappa shape index (κ3) is 31.3. The molecule has 5 heteroatoms. The maximum atomic E-state index is 4.53. The molecule has 0 amide bonds. The van der Waals surface area contributed by atoms with E-state index in [9.17, 15) is 0 Å². The summed E-state index contributed by atoms with van der Waals surface area (Å²) in [4.78, 5) is 0.